The lowest BCUT2D eigenvalue weighted by Gasteiger charge is -2.40. The van der Waals surface area contributed by atoms with Crippen LogP contribution in [0.5, 0.6) is 5.75 Å². The van der Waals surface area contributed by atoms with Crippen molar-refractivity contribution >= 4 is 29.1 Å². The standard InChI is InChI=1S/C23H25ClFN5O3/c1-12-21(24)13(2)28-22(27-12)18-9-29(10-19(18)26)23(32)17-5-4-15(25)8-20(17)33-11-16-6-7-30(16)14(3)31/h4-5,8,16,18,26H,6-7,9-11H2,1-3H3. The Morgan fingerprint density at radius 2 is 1.97 bits per heavy atom. The lowest BCUT2D eigenvalue weighted by atomic mass is 10.0. The van der Waals surface area contributed by atoms with Gasteiger partial charge in [-0.1, -0.05) is 11.6 Å². The van der Waals surface area contributed by atoms with Crippen molar-refractivity contribution in [2.45, 2.75) is 39.2 Å². The molecule has 1 aromatic carbocycles. The molecule has 0 bridgehead atoms. The van der Waals surface area contributed by atoms with E-state index in [1.165, 1.54) is 30.0 Å². The zero-order valence-corrected chi connectivity index (χ0v) is 19.4. The number of benzene rings is 1. The van der Waals surface area contributed by atoms with Crippen LogP contribution in [0.3, 0.4) is 0 Å². The molecule has 2 saturated heterocycles. The molecule has 2 aliphatic heterocycles. The number of nitrogens with one attached hydrogen (secondary N) is 1. The molecule has 2 aromatic rings. The van der Waals surface area contributed by atoms with Gasteiger partial charge in [-0.15, -0.1) is 0 Å². The number of hydrogen-bond acceptors (Lipinski definition) is 6. The van der Waals surface area contributed by atoms with Crippen LogP contribution in [0.25, 0.3) is 0 Å². The minimum Gasteiger partial charge on any atom is -0.490 e. The third kappa shape index (κ3) is 4.55. The second kappa shape index (κ2) is 9.05. The molecule has 0 spiro atoms. The summed E-state index contributed by atoms with van der Waals surface area (Å²) in [4.78, 5) is 36.9. The second-order valence-electron chi connectivity index (χ2n) is 8.44. The first kappa shape index (κ1) is 23.1. The quantitative estimate of drug-likeness (QED) is 0.719. The van der Waals surface area contributed by atoms with Crippen LogP contribution in [-0.4, -0.2) is 69.6 Å². The molecule has 174 valence electrons. The molecular formula is C23H25ClFN5O3. The van der Waals surface area contributed by atoms with Gasteiger partial charge in [0, 0.05) is 31.8 Å². The molecule has 8 nitrogen and oxygen atoms in total. The van der Waals surface area contributed by atoms with Crippen LogP contribution in [-0.2, 0) is 4.79 Å². The Bertz CT molecular complexity index is 1120. The summed E-state index contributed by atoms with van der Waals surface area (Å²) in [6.07, 6.45) is 0.795. The summed E-state index contributed by atoms with van der Waals surface area (Å²) in [6, 6.07) is 3.68. The van der Waals surface area contributed by atoms with Gasteiger partial charge >= 0.3 is 0 Å². The number of nitrogens with zero attached hydrogens (tertiary/aromatic N) is 4. The van der Waals surface area contributed by atoms with E-state index in [4.69, 9.17) is 21.7 Å². The van der Waals surface area contributed by atoms with Crippen LogP contribution in [0.4, 0.5) is 4.39 Å². The predicted octanol–water partition coefficient (Wildman–Crippen LogP) is 3.14. The van der Waals surface area contributed by atoms with Crippen molar-refractivity contribution in [3.8, 4) is 5.75 Å². The predicted molar refractivity (Wildman–Crippen MR) is 121 cm³/mol. The van der Waals surface area contributed by atoms with E-state index in [1.54, 1.807) is 18.7 Å². The Balaban J connectivity index is 1.51. The molecule has 1 aromatic heterocycles. The highest BCUT2D eigenvalue weighted by atomic mass is 35.5. The molecule has 2 fully saturated rings. The van der Waals surface area contributed by atoms with Crippen molar-refractivity contribution in [1.29, 1.82) is 5.41 Å². The van der Waals surface area contributed by atoms with E-state index in [2.05, 4.69) is 9.97 Å². The van der Waals surface area contributed by atoms with Gasteiger partial charge in [-0.05, 0) is 32.4 Å². The summed E-state index contributed by atoms with van der Waals surface area (Å²) in [6.45, 7) is 6.25. The zero-order valence-electron chi connectivity index (χ0n) is 18.7. The van der Waals surface area contributed by atoms with Crippen molar-refractivity contribution in [3.63, 3.8) is 0 Å². The molecule has 2 aliphatic rings. The van der Waals surface area contributed by atoms with Gasteiger partial charge in [0.15, 0.2) is 0 Å². The van der Waals surface area contributed by atoms with E-state index < -0.39 is 11.7 Å². The second-order valence-corrected chi connectivity index (χ2v) is 8.81. The molecule has 2 unspecified atom stereocenters. The molecule has 1 N–H and O–H groups in total. The smallest absolute Gasteiger partial charge is 0.257 e. The number of rotatable bonds is 5. The Hall–Kier alpha value is -3.07. The number of aromatic nitrogens is 2. The van der Waals surface area contributed by atoms with E-state index in [1.807, 2.05) is 0 Å². The fourth-order valence-corrected chi connectivity index (χ4v) is 4.25. The van der Waals surface area contributed by atoms with Crippen molar-refractivity contribution in [1.82, 2.24) is 19.8 Å². The summed E-state index contributed by atoms with van der Waals surface area (Å²) < 4.78 is 19.7. The number of aryl methyl sites for hydroxylation is 2. The number of ether oxygens (including phenoxy) is 1. The fraction of sp³-hybridized carbons (Fsp3) is 0.435. The van der Waals surface area contributed by atoms with Gasteiger partial charge in [0.2, 0.25) is 5.91 Å². The Morgan fingerprint density at radius 3 is 2.58 bits per heavy atom. The van der Waals surface area contributed by atoms with Gasteiger partial charge in [-0.25, -0.2) is 14.4 Å². The number of likely N-dealkylation sites (tertiary alicyclic amines) is 2. The monoisotopic (exact) mass is 473 g/mol. The third-order valence-electron chi connectivity index (χ3n) is 6.14. The molecule has 2 atom stereocenters. The average molecular weight is 474 g/mol. The van der Waals surface area contributed by atoms with Crippen LogP contribution in [0.1, 0.15) is 46.8 Å². The van der Waals surface area contributed by atoms with Crippen molar-refractivity contribution in [2.24, 2.45) is 0 Å². The molecular weight excluding hydrogens is 449 g/mol. The van der Waals surface area contributed by atoms with Gasteiger partial charge in [0.05, 0.1) is 40.5 Å². The van der Waals surface area contributed by atoms with Gasteiger partial charge in [-0.3, -0.25) is 9.59 Å². The molecule has 0 saturated carbocycles. The van der Waals surface area contributed by atoms with Crippen molar-refractivity contribution in [2.75, 3.05) is 26.2 Å². The molecule has 33 heavy (non-hydrogen) atoms. The molecule has 3 heterocycles. The molecule has 0 radical (unpaired) electrons. The maximum absolute atomic E-state index is 13.9. The minimum absolute atomic E-state index is 0.0399. The number of halogens is 2. The van der Waals surface area contributed by atoms with E-state index in [9.17, 15) is 14.0 Å². The van der Waals surface area contributed by atoms with Crippen LogP contribution < -0.4 is 4.74 Å². The summed E-state index contributed by atoms with van der Waals surface area (Å²) in [5.41, 5.74) is 1.78. The number of carbonyl (C=O) groups excluding carboxylic acids is 2. The topological polar surface area (TPSA) is 99.5 Å². The minimum atomic E-state index is -0.522. The van der Waals surface area contributed by atoms with Crippen LogP contribution in [0.2, 0.25) is 5.02 Å². The molecule has 4 rings (SSSR count). The number of amides is 2. The molecule has 0 aliphatic carbocycles. The summed E-state index contributed by atoms with van der Waals surface area (Å²) in [5, 5.41) is 8.89. The van der Waals surface area contributed by atoms with Crippen LogP contribution in [0.15, 0.2) is 18.2 Å². The van der Waals surface area contributed by atoms with Crippen LogP contribution in [0, 0.1) is 25.1 Å². The normalized spacial score (nSPS) is 20.1. The highest BCUT2D eigenvalue weighted by Crippen LogP contribution is 2.29. The van der Waals surface area contributed by atoms with Gasteiger partial charge < -0.3 is 19.9 Å². The lowest BCUT2D eigenvalue weighted by molar-refractivity contribution is -0.137. The first-order valence-electron chi connectivity index (χ1n) is 10.7. The number of hydrogen-bond donors (Lipinski definition) is 1. The van der Waals surface area contributed by atoms with Gasteiger partial charge in [0.25, 0.3) is 5.91 Å². The maximum Gasteiger partial charge on any atom is 0.257 e. The van der Waals surface area contributed by atoms with Crippen molar-refractivity contribution in [3.05, 3.63) is 51.8 Å². The van der Waals surface area contributed by atoms with E-state index in [0.29, 0.717) is 34.5 Å². The average Bonchev–Trinajstić information content (AvgIpc) is 3.12. The van der Waals surface area contributed by atoms with Gasteiger partial charge in [0.1, 0.15) is 24.0 Å². The Kier molecular flexibility index (Phi) is 6.34. The number of carbonyl (C=O) groups is 2. The van der Waals surface area contributed by atoms with E-state index in [0.717, 1.165) is 6.42 Å². The SMILES string of the molecule is CC(=O)N1CCC1COc1cc(F)ccc1C(=O)N1CC(=N)C(c2nc(C)c(Cl)c(C)n2)C1. The first-order chi connectivity index (χ1) is 15.7. The lowest BCUT2D eigenvalue weighted by Crippen LogP contribution is -2.53. The third-order valence-corrected chi connectivity index (χ3v) is 6.68. The molecule has 2 amide bonds. The maximum atomic E-state index is 13.9. The van der Waals surface area contributed by atoms with E-state index in [-0.39, 0.29) is 48.9 Å². The summed E-state index contributed by atoms with van der Waals surface area (Å²) in [5.74, 6) is -0.781. The van der Waals surface area contributed by atoms with Crippen molar-refractivity contribution < 1.29 is 18.7 Å². The van der Waals surface area contributed by atoms with Gasteiger partial charge in [-0.2, -0.15) is 0 Å². The zero-order chi connectivity index (χ0) is 23.9. The highest BCUT2D eigenvalue weighted by molar-refractivity contribution is 6.31. The van der Waals surface area contributed by atoms with E-state index >= 15 is 0 Å². The highest BCUT2D eigenvalue weighted by Gasteiger charge is 2.36. The summed E-state index contributed by atoms with van der Waals surface area (Å²) in [7, 11) is 0. The van der Waals surface area contributed by atoms with Crippen LogP contribution >= 0.6 is 11.6 Å². The summed E-state index contributed by atoms with van der Waals surface area (Å²) >= 11 is 6.17. The Labute approximate surface area is 196 Å². The largest absolute Gasteiger partial charge is 0.490 e. The fourth-order valence-electron chi connectivity index (χ4n) is 4.16. The Morgan fingerprint density at radius 1 is 1.27 bits per heavy atom. The molecule has 10 heteroatoms. The first-order valence-corrected chi connectivity index (χ1v) is 11.1.